The fourth-order valence-corrected chi connectivity index (χ4v) is 3.62. The second-order valence-electron chi connectivity index (χ2n) is 8.92. The number of nitrogens with zero attached hydrogens (tertiary/aromatic N) is 3. The molecule has 3 N–H and O–H groups in total. The SMILES string of the molecule is Cc1cc(C)c(-c2nnc3cc(C(C)(C)C)[nH]n23)c(C)c1NC(=O)C(C)CCO. The minimum atomic E-state index is -0.263. The standard InChI is InChI=1S/C22H31N5O2/c1-12(8-9-28)21(29)23-19-14(3)10-13(2)18(15(19)4)20-25-24-17-11-16(22(5,6)7)26-27(17)20/h10-12,26,28H,8-9H2,1-7H3,(H,23,29). The van der Waals surface area contributed by atoms with Crippen molar-refractivity contribution in [3.8, 4) is 11.4 Å². The van der Waals surface area contributed by atoms with Crippen molar-refractivity contribution in [1.82, 2.24) is 19.8 Å². The molecule has 2 aromatic heterocycles. The van der Waals surface area contributed by atoms with Crippen molar-refractivity contribution in [3.63, 3.8) is 0 Å². The maximum absolute atomic E-state index is 12.6. The predicted octanol–water partition coefficient (Wildman–Crippen LogP) is 3.90. The van der Waals surface area contributed by atoms with Gasteiger partial charge in [0.2, 0.25) is 5.91 Å². The highest BCUT2D eigenvalue weighted by molar-refractivity contribution is 5.95. The third-order valence-electron chi connectivity index (χ3n) is 5.45. The molecule has 1 aromatic carbocycles. The van der Waals surface area contributed by atoms with Gasteiger partial charge < -0.3 is 10.4 Å². The molecule has 0 saturated heterocycles. The molecule has 7 nitrogen and oxygen atoms in total. The van der Waals surface area contributed by atoms with Crippen LogP contribution < -0.4 is 5.32 Å². The molecule has 7 heteroatoms. The molecule has 3 rings (SSSR count). The van der Waals surface area contributed by atoms with Gasteiger partial charge in [-0.05, 0) is 43.9 Å². The van der Waals surface area contributed by atoms with Crippen LogP contribution in [0.25, 0.3) is 17.0 Å². The number of nitrogens with one attached hydrogen (secondary N) is 2. The number of carbonyl (C=O) groups excluding carboxylic acids is 1. The Morgan fingerprint density at radius 2 is 1.90 bits per heavy atom. The zero-order valence-corrected chi connectivity index (χ0v) is 18.3. The van der Waals surface area contributed by atoms with Gasteiger partial charge in [0, 0.05) is 41.0 Å². The van der Waals surface area contributed by atoms with Gasteiger partial charge in [0.25, 0.3) is 0 Å². The van der Waals surface area contributed by atoms with E-state index in [-0.39, 0.29) is 23.8 Å². The van der Waals surface area contributed by atoms with E-state index in [2.05, 4.69) is 47.5 Å². The van der Waals surface area contributed by atoms with E-state index in [1.54, 1.807) is 0 Å². The molecule has 156 valence electrons. The van der Waals surface area contributed by atoms with E-state index in [0.29, 0.717) is 6.42 Å². The number of aromatic amines is 1. The zero-order chi connectivity index (χ0) is 21.5. The van der Waals surface area contributed by atoms with Gasteiger partial charge in [-0.3, -0.25) is 9.89 Å². The van der Waals surface area contributed by atoms with E-state index in [1.807, 2.05) is 38.3 Å². The highest BCUT2D eigenvalue weighted by atomic mass is 16.3. The molecule has 0 aliphatic rings. The molecule has 0 spiro atoms. The lowest BCUT2D eigenvalue weighted by Crippen LogP contribution is -2.22. The van der Waals surface area contributed by atoms with Crippen LogP contribution in [-0.4, -0.2) is 37.4 Å². The molecule has 0 radical (unpaired) electrons. The summed E-state index contributed by atoms with van der Waals surface area (Å²) in [4.78, 5) is 12.6. The Morgan fingerprint density at radius 1 is 1.21 bits per heavy atom. The molecule has 0 aliphatic heterocycles. The Labute approximate surface area is 171 Å². The molecular weight excluding hydrogens is 366 g/mol. The molecule has 2 heterocycles. The zero-order valence-electron chi connectivity index (χ0n) is 18.3. The summed E-state index contributed by atoms with van der Waals surface area (Å²) in [6.07, 6.45) is 0.436. The summed E-state index contributed by atoms with van der Waals surface area (Å²) in [7, 11) is 0. The van der Waals surface area contributed by atoms with Crippen LogP contribution in [0.1, 0.15) is 56.5 Å². The number of fused-ring (bicyclic) bond motifs is 1. The lowest BCUT2D eigenvalue weighted by atomic mass is 9.93. The Kier molecular flexibility index (Phi) is 5.54. The van der Waals surface area contributed by atoms with Crippen molar-refractivity contribution in [2.24, 2.45) is 5.92 Å². The first kappa shape index (κ1) is 21.0. The predicted molar refractivity (Wildman–Crippen MR) is 115 cm³/mol. The molecular formula is C22H31N5O2. The van der Waals surface area contributed by atoms with Gasteiger partial charge in [0.05, 0.1) is 0 Å². The number of aryl methyl sites for hydroxylation is 2. The van der Waals surface area contributed by atoms with Crippen LogP contribution in [0.2, 0.25) is 0 Å². The first-order chi connectivity index (χ1) is 13.5. The monoisotopic (exact) mass is 397 g/mol. The summed E-state index contributed by atoms with van der Waals surface area (Å²) < 4.78 is 1.91. The topological polar surface area (TPSA) is 95.3 Å². The summed E-state index contributed by atoms with van der Waals surface area (Å²) in [6, 6.07) is 4.08. The second-order valence-corrected chi connectivity index (χ2v) is 8.92. The van der Waals surface area contributed by atoms with Crippen molar-refractivity contribution in [2.45, 2.75) is 60.3 Å². The summed E-state index contributed by atoms with van der Waals surface area (Å²) in [5.74, 6) is 0.367. The molecule has 3 aromatic rings. The highest BCUT2D eigenvalue weighted by Crippen LogP contribution is 2.34. The largest absolute Gasteiger partial charge is 0.396 e. The Morgan fingerprint density at radius 3 is 2.52 bits per heavy atom. The van der Waals surface area contributed by atoms with Gasteiger partial charge in [0.15, 0.2) is 11.5 Å². The van der Waals surface area contributed by atoms with E-state index in [1.165, 1.54) is 0 Å². The van der Waals surface area contributed by atoms with Crippen molar-refractivity contribution >= 4 is 17.2 Å². The number of aromatic nitrogens is 4. The number of aliphatic hydroxyl groups is 1. The van der Waals surface area contributed by atoms with Crippen molar-refractivity contribution < 1.29 is 9.90 Å². The number of aliphatic hydroxyl groups excluding tert-OH is 1. The first-order valence-corrected chi connectivity index (χ1v) is 10.0. The molecule has 0 saturated carbocycles. The van der Waals surface area contributed by atoms with Gasteiger partial charge in [-0.2, -0.15) is 0 Å². The van der Waals surface area contributed by atoms with Gasteiger partial charge in [-0.1, -0.05) is 33.8 Å². The summed E-state index contributed by atoms with van der Waals surface area (Å²) in [5, 5.41) is 24.4. The lowest BCUT2D eigenvalue weighted by molar-refractivity contribution is -0.119. The first-order valence-electron chi connectivity index (χ1n) is 10.0. The van der Waals surface area contributed by atoms with Crippen molar-refractivity contribution in [2.75, 3.05) is 11.9 Å². The van der Waals surface area contributed by atoms with Gasteiger partial charge in [-0.15, -0.1) is 10.2 Å². The smallest absolute Gasteiger partial charge is 0.227 e. The number of carbonyl (C=O) groups is 1. The third kappa shape index (κ3) is 3.92. The number of benzene rings is 1. The maximum Gasteiger partial charge on any atom is 0.227 e. The van der Waals surface area contributed by atoms with Crippen LogP contribution in [0, 0.1) is 26.7 Å². The van der Waals surface area contributed by atoms with Crippen LogP contribution in [0.3, 0.4) is 0 Å². The Balaban J connectivity index is 2.10. The van der Waals surface area contributed by atoms with Crippen molar-refractivity contribution in [1.29, 1.82) is 0 Å². The number of hydrogen-bond donors (Lipinski definition) is 3. The van der Waals surface area contributed by atoms with Crippen LogP contribution in [-0.2, 0) is 10.2 Å². The van der Waals surface area contributed by atoms with Crippen LogP contribution in [0.15, 0.2) is 12.1 Å². The Bertz CT molecular complexity index is 1060. The van der Waals surface area contributed by atoms with Crippen LogP contribution in [0.4, 0.5) is 5.69 Å². The molecule has 0 bridgehead atoms. The summed E-state index contributed by atoms with van der Waals surface area (Å²) >= 11 is 0. The molecule has 29 heavy (non-hydrogen) atoms. The Hall–Kier alpha value is -2.67. The van der Waals surface area contributed by atoms with E-state index < -0.39 is 0 Å². The normalized spacial score (nSPS) is 13.1. The van der Waals surface area contributed by atoms with Gasteiger partial charge in [-0.25, -0.2) is 4.52 Å². The second kappa shape index (κ2) is 7.63. The van der Waals surface area contributed by atoms with Crippen molar-refractivity contribution in [3.05, 3.63) is 34.5 Å². The van der Waals surface area contributed by atoms with E-state index in [4.69, 9.17) is 5.11 Å². The average molecular weight is 398 g/mol. The fourth-order valence-electron chi connectivity index (χ4n) is 3.62. The highest BCUT2D eigenvalue weighted by Gasteiger charge is 2.23. The van der Waals surface area contributed by atoms with E-state index in [9.17, 15) is 4.79 Å². The van der Waals surface area contributed by atoms with Gasteiger partial charge >= 0.3 is 0 Å². The van der Waals surface area contributed by atoms with Crippen LogP contribution in [0.5, 0.6) is 0 Å². The molecule has 1 atom stereocenters. The number of anilines is 1. The molecule has 0 aliphatic carbocycles. The lowest BCUT2D eigenvalue weighted by Gasteiger charge is -2.19. The number of rotatable bonds is 5. The summed E-state index contributed by atoms with van der Waals surface area (Å²) in [5.41, 5.74) is 6.59. The third-order valence-corrected chi connectivity index (χ3v) is 5.45. The fraction of sp³-hybridized carbons (Fsp3) is 0.500. The number of hydrogen-bond acceptors (Lipinski definition) is 4. The van der Waals surface area contributed by atoms with Gasteiger partial charge in [0.1, 0.15) is 0 Å². The molecule has 1 amide bonds. The minimum Gasteiger partial charge on any atom is -0.396 e. The number of amides is 1. The van der Waals surface area contributed by atoms with E-state index >= 15 is 0 Å². The maximum atomic E-state index is 12.6. The number of H-pyrrole nitrogens is 1. The van der Waals surface area contributed by atoms with Crippen LogP contribution >= 0.6 is 0 Å². The van der Waals surface area contributed by atoms with E-state index in [0.717, 1.165) is 45.1 Å². The average Bonchev–Trinajstić information content (AvgIpc) is 3.20. The minimum absolute atomic E-state index is 0.00758. The molecule has 0 fully saturated rings. The quantitative estimate of drug-likeness (QED) is 0.608. The summed E-state index contributed by atoms with van der Waals surface area (Å²) in [6.45, 7) is 14.3. The molecule has 1 unspecified atom stereocenters.